The smallest absolute Gasteiger partial charge is 0.314 e. The third-order valence-electron chi connectivity index (χ3n) is 6.75. The van der Waals surface area contributed by atoms with Gasteiger partial charge in [-0.05, 0) is 44.5 Å². The van der Waals surface area contributed by atoms with Gasteiger partial charge in [0.25, 0.3) is 0 Å². The molecule has 1 aromatic carbocycles. The van der Waals surface area contributed by atoms with Gasteiger partial charge in [0.05, 0.1) is 0 Å². The van der Waals surface area contributed by atoms with Gasteiger partial charge < -0.3 is 25.3 Å². The van der Waals surface area contributed by atoms with Gasteiger partial charge in [-0.3, -0.25) is 4.90 Å². The number of carbonyl (C=O) groups is 1. The number of piperazine rings is 2. The van der Waals surface area contributed by atoms with Gasteiger partial charge in [-0.1, -0.05) is 37.3 Å². The molecule has 2 amide bonds. The fourth-order valence-electron chi connectivity index (χ4n) is 4.57. The van der Waals surface area contributed by atoms with E-state index in [0.717, 1.165) is 84.7 Å². The van der Waals surface area contributed by atoms with E-state index in [0.29, 0.717) is 0 Å². The molecule has 0 atom stereocenters. The zero-order valence-corrected chi connectivity index (χ0v) is 20.1. The summed E-state index contributed by atoms with van der Waals surface area (Å²) in [6.07, 6.45) is 3.22. The SMILES string of the molecule is CCN1CCN(CCCCNC(=O)NCCCN2CCN(Cc3ccccc3)CC2)CC1. The number of carbonyl (C=O) groups excluding carboxylic acids is 1. The second-order valence-corrected chi connectivity index (χ2v) is 9.12. The highest BCUT2D eigenvalue weighted by Gasteiger charge is 2.17. The molecule has 0 aromatic heterocycles. The lowest BCUT2D eigenvalue weighted by Gasteiger charge is -2.34. The van der Waals surface area contributed by atoms with E-state index in [1.54, 1.807) is 0 Å². The van der Waals surface area contributed by atoms with E-state index in [2.05, 4.69) is 67.5 Å². The number of benzene rings is 1. The predicted octanol–water partition coefficient (Wildman–Crippen LogP) is 1.91. The molecule has 1 aromatic rings. The van der Waals surface area contributed by atoms with Crippen LogP contribution >= 0.6 is 0 Å². The molecule has 0 spiro atoms. The number of nitrogens with one attached hydrogen (secondary N) is 2. The molecule has 7 nitrogen and oxygen atoms in total. The largest absolute Gasteiger partial charge is 0.338 e. The van der Waals surface area contributed by atoms with Crippen molar-refractivity contribution in [3.05, 3.63) is 35.9 Å². The first-order chi connectivity index (χ1) is 15.7. The summed E-state index contributed by atoms with van der Waals surface area (Å²) >= 11 is 0. The van der Waals surface area contributed by atoms with E-state index in [9.17, 15) is 4.79 Å². The Balaban J connectivity index is 1.13. The first-order valence-electron chi connectivity index (χ1n) is 12.7. The summed E-state index contributed by atoms with van der Waals surface area (Å²) in [5.41, 5.74) is 1.39. The highest BCUT2D eigenvalue weighted by molar-refractivity contribution is 5.73. The van der Waals surface area contributed by atoms with E-state index in [4.69, 9.17) is 0 Å². The molecule has 180 valence electrons. The highest BCUT2D eigenvalue weighted by Crippen LogP contribution is 2.08. The van der Waals surface area contributed by atoms with Crippen LogP contribution in [0.2, 0.25) is 0 Å². The van der Waals surface area contributed by atoms with Crippen LogP contribution < -0.4 is 10.6 Å². The van der Waals surface area contributed by atoms with Gasteiger partial charge in [-0.25, -0.2) is 4.79 Å². The molecule has 2 aliphatic heterocycles. The number of unbranched alkanes of at least 4 members (excludes halogenated alkanes) is 1. The Labute approximate surface area is 195 Å². The van der Waals surface area contributed by atoms with E-state index in [1.807, 2.05) is 0 Å². The average Bonchev–Trinajstić information content (AvgIpc) is 2.84. The van der Waals surface area contributed by atoms with Gasteiger partial charge in [0, 0.05) is 72.0 Å². The maximum absolute atomic E-state index is 12.0. The van der Waals surface area contributed by atoms with E-state index in [-0.39, 0.29) is 6.03 Å². The molecule has 2 saturated heterocycles. The topological polar surface area (TPSA) is 54.1 Å². The van der Waals surface area contributed by atoms with Crippen LogP contribution in [0, 0.1) is 0 Å². The number of nitrogens with zero attached hydrogens (tertiary/aromatic N) is 4. The third kappa shape index (κ3) is 9.45. The van der Waals surface area contributed by atoms with Crippen LogP contribution in [-0.4, -0.2) is 111 Å². The minimum atomic E-state index is -0.0192. The van der Waals surface area contributed by atoms with E-state index < -0.39 is 0 Å². The Morgan fingerprint density at radius 3 is 1.88 bits per heavy atom. The van der Waals surface area contributed by atoms with E-state index in [1.165, 1.54) is 31.7 Å². The molecular formula is C25H44N6O. The van der Waals surface area contributed by atoms with Crippen LogP contribution in [0.5, 0.6) is 0 Å². The van der Waals surface area contributed by atoms with Gasteiger partial charge in [-0.15, -0.1) is 0 Å². The van der Waals surface area contributed by atoms with Crippen molar-refractivity contribution in [1.82, 2.24) is 30.2 Å². The lowest BCUT2D eigenvalue weighted by molar-refractivity contribution is 0.126. The first-order valence-corrected chi connectivity index (χ1v) is 12.7. The summed E-state index contributed by atoms with van der Waals surface area (Å²) in [5.74, 6) is 0. The number of urea groups is 1. The Kier molecular flexibility index (Phi) is 11.3. The minimum absolute atomic E-state index is 0.0192. The predicted molar refractivity (Wildman–Crippen MR) is 132 cm³/mol. The summed E-state index contributed by atoms with van der Waals surface area (Å²) in [7, 11) is 0. The summed E-state index contributed by atoms with van der Waals surface area (Å²) in [6.45, 7) is 17.4. The van der Waals surface area contributed by atoms with Crippen molar-refractivity contribution in [1.29, 1.82) is 0 Å². The van der Waals surface area contributed by atoms with Crippen molar-refractivity contribution in [2.24, 2.45) is 0 Å². The molecule has 0 aliphatic carbocycles. The van der Waals surface area contributed by atoms with Crippen LogP contribution in [0.1, 0.15) is 31.7 Å². The number of hydrogen-bond donors (Lipinski definition) is 2. The Hall–Kier alpha value is -1.67. The zero-order valence-electron chi connectivity index (χ0n) is 20.1. The average molecular weight is 445 g/mol. The van der Waals surface area contributed by atoms with Crippen LogP contribution in [-0.2, 0) is 6.54 Å². The van der Waals surface area contributed by atoms with Crippen molar-refractivity contribution in [2.75, 3.05) is 85.1 Å². The van der Waals surface area contributed by atoms with Crippen LogP contribution in [0.4, 0.5) is 4.79 Å². The molecule has 3 rings (SSSR count). The quantitative estimate of drug-likeness (QED) is 0.483. The summed E-state index contributed by atoms with van der Waals surface area (Å²) in [6, 6.07) is 10.7. The maximum atomic E-state index is 12.0. The lowest BCUT2D eigenvalue weighted by atomic mass is 10.2. The fourth-order valence-corrected chi connectivity index (χ4v) is 4.57. The maximum Gasteiger partial charge on any atom is 0.314 e. The summed E-state index contributed by atoms with van der Waals surface area (Å²) in [4.78, 5) is 22.1. The van der Waals surface area contributed by atoms with Crippen LogP contribution in [0.25, 0.3) is 0 Å². The van der Waals surface area contributed by atoms with Gasteiger partial charge in [-0.2, -0.15) is 0 Å². The molecule has 2 fully saturated rings. The van der Waals surface area contributed by atoms with Crippen molar-refractivity contribution >= 4 is 6.03 Å². The molecule has 0 saturated carbocycles. The summed E-state index contributed by atoms with van der Waals surface area (Å²) < 4.78 is 0. The normalized spacial score (nSPS) is 19.2. The molecule has 2 N–H and O–H groups in total. The van der Waals surface area contributed by atoms with Gasteiger partial charge in [0.2, 0.25) is 0 Å². The standard InChI is InChI=1S/C25H44N6O/c1-2-28-15-17-29(18-16-28)13-7-6-11-26-25(32)27-12-8-14-30-19-21-31(22-20-30)23-24-9-4-3-5-10-24/h3-5,9-10H,2,6-8,11-23H2,1H3,(H2,26,27,32). The molecule has 0 unspecified atom stereocenters. The number of likely N-dealkylation sites (N-methyl/N-ethyl adjacent to an activating group) is 1. The lowest BCUT2D eigenvalue weighted by Crippen LogP contribution is -2.46. The second-order valence-electron chi connectivity index (χ2n) is 9.12. The van der Waals surface area contributed by atoms with E-state index >= 15 is 0 Å². The zero-order chi connectivity index (χ0) is 22.4. The first kappa shape index (κ1) is 25.0. The number of amides is 2. The molecule has 0 radical (unpaired) electrons. The highest BCUT2D eigenvalue weighted by atomic mass is 16.2. The Bertz CT molecular complexity index is 627. The monoisotopic (exact) mass is 444 g/mol. The molecule has 7 heteroatoms. The van der Waals surface area contributed by atoms with Crippen molar-refractivity contribution in [2.45, 2.75) is 32.7 Å². The second kappa shape index (κ2) is 14.5. The fraction of sp³-hybridized carbons (Fsp3) is 0.720. The van der Waals surface area contributed by atoms with Crippen LogP contribution in [0.15, 0.2) is 30.3 Å². The number of hydrogen-bond acceptors (Lipinski definition) is 5. The molecule has 0 bridgehead atoms. The Morgan fingerprint density at radius 2 is 1.25 bits per heavy atom. The molecule has 2 aliphatic rings. The van der Waals surface area contributed by atoms with Gasteiger partial charge >= 0.3 is 6.03 Å². The molecule has 2 heterocycles. The minimum Gasteiger partial charge on any atom is -0.338 e. The Morgan fingerprint density at radius 1 is 0.719 bits per heavy atom. The third-order valence-corrected chi connectivity index (χ3v) is 6.75. The molecular weight excluding hydrogens is 400 g/mol. The van der Waals surface area contributed by atoms with Crippen LogP contribution in [0.3, 0.4) is 0 Å². The molecule has 32 heavy (non-hydrogen) atoms. The summed E-state index contributed by atoms with van der Waals surface area (Å²) in [5, 5.41) is 6.02. The van der Waals surface area contributed by atoms with Crippen molar-refractivity contribution in [3.63, 3.8) is 0 Å². The van der Waals surface area contributed by atoms with Gasteiger partial charge in [0.1, 0.15) is 0 Å². The van der Waals surface area contributed by atoms with Crippen molar-refractivity contribution < 1.29 is 4.79 Å². The van der Waals surface area contributed by atoms with Crippen molar-refractivity contribution in [3.8, 4) is 0 Å². The van der Waals surface area contributed by atoms with Gasteiger partial charge in [0.15, 0.2) is 0 Å². The number of rotatable bonds is 12.